The SMILES string of the molecule is O=C(c1cccs1)N1CCC(c2nc(-c3ccncc3)no2)CC1. The minimum absolute atomic E-state index is 0.117. The predicted molar refractivity (Wildman–Crippen MR) is 89.7 cm³/mol. The van der Waals surface area contributed by atoms with Crippen molar-refractivity contribution in [1.82, 2.24) is 20.0 Å². The second-order valence-electron chi connectivity index (χ2n) is 5.74. The van der Waals surface area contributed by atoms with Crippen molar-refractivity contribution in [3.05, 3.63) is 52.8 Å². The largest absolute Gasteiger partial charge is 0.339 e. The fourth-order valence-electron chi connectivity index (χ4n) is 2.90. The van der Waals surface area contributed by atoms with Crippen LogP contribution in [0.15, 0.2) is 46.6 Å². The van der Waals surface area contributed by atoms with Crippen LogP contribution >= 0.6 is 11.3 Å². The third-order valence-electron chi connectivity index (χ3n) is 4.24. The van der Waals surface area contributed by atoms with Crippen molar-refractivity contribution in [3.63, 3.8) is 0 Å². The molecule has 0 spiro atoms. The van der Waals surface area contributed by atoms with Crippen LogP contribution in [-0.4, -0.2) is 39.0 Å². The van der Waals surface area contributed by atoms with Crippen LogP contribution in [0.2, 0.25) is 0 Å². The number of hydrogen-bond acceptors (Lipinski definition) is 6. The normalized spacial score (nSPS) is 15.6. The number of pyridine rings is 1. The van der Waals surface area contributed by atoms with Crippen LogP contribution < -0.4 is 0 Å². The van der Waals surface area contributed by atoms with Crippen molar-refractivity contribution in [2.75, 3.05) is 13.1 Å². The quantitative estimate of drug-likeness (QED) is 0.732. The first kappa shape index (κ1) is 15.0. The summed E-state index contributed by atoms with van der Waals surface area (Å²) in [5.41, 5.74) is 0.894. The average molecular weight is 340 g/mol. The summed E-state index contributed by atoms with van der Waals surface area (Å²) < 4.78 is 5.44. The third-order valence-corrected chi connectivity index (χ3v) is 5.10. The van der Waals surface area contributed by atoms with Crippen LogP contribution in [0.5, 0.6) is 0 Å². The molecule has 122 valence electrons. The van der Waals surface area contributed by atoms with Crippen LogP contribution in [0.3, 0.4) is 0 Å². The number of amides is 1. The lowest BCUT2D eigenvalue weighted by molar-refractivity contribution is 0.0709. The molecule has 1 saturated heterocycles. The van der Waals surface area contributed by atoms with Gasteiger partial charge in [-0.25, -0.2) is 0 Å². The van der Waals surface area contributed by atoms with Gasteiger partial charge in [-0.15, -0.1) is 11.3 Å². The molecule has 0 aliphatic carbocycles. The van der Waals surface area contributed by atoms with E-state index in [0.717, 1.165) is 23.3 Å². The van der Waals surface area contributed by atoms with Gasteiger partial charge in [0.1, 0.15) is 0 Å². The molecule has 1 fully saturated rings. The van der Waals surface area contributed by atoms with E-state index in [4.69, 9.17) is 4.52 Å². The van der Waals surface area contributed by atoms with E-state index >= 15 is 0 Å². The van der Waals surface area contributed by atoms with Crippen LogP contribution in [0.4, 0.5) is 0 Å². The molecule has 0 radical (unpaired) electrons. The number of carbonyl (C=O) groups is 1. The second-order valence-corrected chi connectivity index (χ2v) is 6.68. The van der Waals surface area contributed by atoms with Gasteiger partial charge >= 0.3 is 0 Å². The molecule has 3 aromatic heterocycles. The molecule has 1 aliphatic heterocycles. The van der Waals surface area contributed by atoms with E-state index < -0.39 is 0 Å². The molecule has 3 aromatic rings. The zero-order valence-corrected chi connectivity index (χ0v) is 13.8. The number of likely N-dealkylation sites (tertiary alicyclic amines) is 1. The molecule has 7 heteroatoms. The molecule has 24 heavy (non-hydrogen) atoms. The molecule has 0 bridgehead atoms. The smallest absolute Gasteiger partial charge is 0.263 e. The molecule has 0 N–H and O–H groups in total. The molecule has 0 aromatic carbocycles. The molecule has 1 amide bonds. The molecular weight excluding hydrogens is 324 g/mol. The van der Waals surface area contributed by atoms with Gasteiger partial charge in [-0.3, -0.25) is 9.78 Å². The van der Waals surface area contributed by atoms with Gasteiger partial charge in [-0.1, -0.05) is 11.2 Å². The summed E-state index contributed by atoms with van der Waals surface area (Å²) in [6, 6.07) is 7.50. The molecule has 4 rings (SSSR count). The molecule has 4 heterocycles. The van der Waals surface area contributed by atoms with E-state index in [9.17, 15) is 4.79 Å². The van der Waals surface area contributed by atoms with Crippen molar-refractivity contribution in [1.29, 1.82) is 0 Å². The van der Waals surface area contributed by atoms with Gasteiger partial charge in [-0.05, 0) is 36.4 Å². The van der Waals surface area contributed by atoms with E-state index in [0.29, 0.717) is 24.8 Å². The van der Waals surface area contributed by atoms with Gasteiger partial charge in [-0.2, -0.15) is 4.98 Å². The Morgan fingerprint density at radius 3 is 2.71 bits per heavy atom. The first-order valence-electron chi connectivity index (χ1n) is 7.88. The Morgan fingerprint density at radius 2 is 2.00 bits per heavy atom. The lowest BCUT2D eigenvalue weighted by atomic mass is 9.96. The Hall–Kier alpha value is -2.54. The Kier molecular flexibility index (Phi) is 4.08. The summed E-state index contributed by atoms with van der Waals surface area (Å²) in [4.78, 5) is 23.6. The number of nitrogens with zero attached hydrogens (tertiary/aromatic N) is 4. The van der Waals surface area contributed by atoms with E-state index in [1.165, 1.54) is 11.3 Å². The van der Waals surface area contributed by atoms with Crippen LogP contribution in [0.25, 0.3) is 11.4 Å². The summed E-state index contributed by atoms with van der Waals surface area (Å²) in [5, 5.41) is 5.99. The van der Waals surface area contributed by atoms with E-state index in [1.807, 2.05) is 34.5 Å². The van der Waals surface area contributed by atoms with Gasteiger partial charge in [0.2, 0.25) is 11.7 Å². The maximum atomic E-state index is 12.4. The van der Waals surface area contributed by atoms with Gasteiger partial charge in [0, 0.05) is 37.0 Å². The Balaban J connectivity index is 1.41. The average Bonchev–Trinajstić information content (AvgIpc) is 3.34. The van der Waals surface area contributed by atoms with Crippen molar-refractivity contribution < 1.29 is 9.32 Å². The molecule has 0 atom stereocenters. The van der Waals surface area contributed by atoms with Crippen LogP contribution in [0, 0.1) is 0 Å². The maximum Gasteiger partial charge on any atom is 0.263 e. The van der Waals surface area contributed by atoms with E-state index in [2.05, 4.69) is 15.1 Å². The third kappa shape index (κ3) is 2.94. The second kappa shape index (κ2) is 6.52. The summed E-state index contributed by atoms with van der Waals surface area (Å²) in [7, 11) is 0. The molecular formula is C17H16N4O2S. The van der Waals surface area contributed by atoms with Gasteiger partial charge in [0.15, 0.2) is 0 Å². The first-order valence-corrected chi connectivity index (χ1v) is 8.76. The Bertz CT molecular complexity index is 808. The highest BCUT2D eigenvalue weighted by molar-refractivity contribution is 7.12. The Labute approximate surface area is 143 Å². The number of aromatic nitrogens is 3. The van der Waals surface area contributed by atoms with Crippen molar-refractivity contribution in [3.8, 4) is 11.4 Å². The minimum Gasteiger partial charge on any atom is -0.339 e. The van der Waals surface area contributed by atoms with Crippen molar-refractivity contribution >= 4 is 17.2 Å². The van der Waals surface area contributed by atoms with Crippen LogP contribution in [0.1, 0.15) is 34.3 Å². The summed E-state index contributed by atoms with van der Waals surface area (Å²) in [6.07, 6.45) is 5.10. The highest BCUT2D eigenvalue weighted by Crippen LogP contribution is 2.29. The Morgan fingerprint density at radius 1 is 1.21 bits per heavy atom. The standard InChI is InChI=1S/C17H16N4O2S/c22-17(14-2-1-11-24-14)21-9-5-13(6-10-21)16-19-15(20-23-16)12-3-7-18-8-4-12/h1-4,7-8,11,13H,5-6,9-10H2. The predicted octanol–water partition coefficient (Wildman–Crippen LogP) is 3.21. The zero-order valence-electron chi connectivity index (χ0n) is 13.0. The maximum absolute atomic E-state index is 12.4. The zero-order chi connectivity index (χ0) is 16.4. The fourth-order valence-corrected chi connectivity index (χ4v) is 3.60. The van der Waals surface area contributed by atoms with Crippen molar-refractivity contribution in [2.24, 2.45) is 0 Å². The lowest BCUT2D eigenvalue weighted by Crippen LogP contribution is -2.37. The lowest BCUT2D eigenvalue weighted by Gasteiger charge is -2.30. The molecule has 1 aliphatic rings. The van der Waals surface area contributed by atoms with Gasteiger partial charge in [0.25, 0.3) is 5.91 Å². The minimum atomic E-state index is 0.117. The summed E-state index contributed by atoms with van der Waals surface area (Å²) in [5.74, 6) is 1.57. The van der Waals surface area contributed by atoms with Crippen LogP contribution in [-0.2, 0) is 0 Å². The number of hydrogen-bond donors (Lipinski definition) is 0. The molecule has 6 nitrogen and oxygen atoms in total. The number of thiophene rings is 1. The molecule has 0 saturated carbocycles. The number of piperidine rings is 1. The monoisotopic (exact) mass is 340 g/mol. The van der Waals surface area contributed by atoms with E-state index in [-0.39, 0.29) is 11.8 Å². The first-order chi connectivity index (χ1) is 11.8. The van der Waals surface area contributed by atoms with Gasteiger partial charge < -0.3 is 9.42 Å². The topological polar surface area (TPSA) is 72.1 Å². The van der Waals surface area contributed by atoms with E-state index in [1.54, 1.807) is 12.4 Å². The van der Waals surface area contributed by atoms with Gasteiger partial charge in [0.05, 0.1) is 4.88 Å². The highest BCUT2D eigenvalue weighted by atomic mass is 32.1. The molecule has 0 unspecified atom stereocenters. The van der Waals surface area contributed by atoms with Crippen molar-refractivity contribution in [2.45, 2.75) is 18.8 Å². The summed E-state index contributed by atoms with van der Waals surface area (Å²) >= 11 is 1.49. The summed E-state index contributed by atoms with van der Waals surface area (Å²) in [6.45, 7) is 1.43. The number of rotatable bonds is 3. The number of carbonyl (C=O) groups excluding carboxylic acids is 1. The fraction of sp³-hybridized carbons (Fsp3) is 0.294. The highest BCUT2D eigenvalue weighted by Gasteiger charge is 2.28.